The van der Waals surface area contributed by atoms with E-state index in [0.717, 1.165) is 5.56 Å². The summed E-state index contributed by atoms with van der Waals surface area (Å²) in [6.45, 7) is 0.234. The molecule has 0 aliphatic rings. The molecule has 1 N–H and O–H groups in total. The summed E-state index contributed by atoms with van der Waals surface area (Å²) in [5, 5.41) is 12.8. The van der Waals surface area contributed by atoms with Crippen molar-refractivity contribution >= 4 is 51.2 Å². The number of ether oxygens (including phenoxy) is 3. The van der Waals surface area contributed by atoms with Crippen LogP contribution in [0.3, 0.4) is 0 Å². The van der Waals surface area contributed by atoms with Crippen molar-refractivity contribution in [3.8, 4) is 17.6 Å². The molecular formula is C26H20BrClN2O5. The summed E-state index contributed by atoms with van der Waals surface area (Å²) in [4.78, 5) is 24.2. The minimum atomic E-state index is -0.608. The number of amides is 1. The van der Waals surface area contributed by atoms with E-state index in [9.17, 15) is 14.9 Å². The van der Waals surface area contributed by atoms with Crippen molar-refractivity contribution in [2.24, 2.45) is 0 Å². The average Bonchev–Trinajstić information content (AvgIpc) is 2.87. The van der Waals surface area contributed by atoms with Crippen molar-refractivity contribution in [2.45, 2.75) is 6.61 Å². The number of hydrogen-bond donors (Lipinski definition) is 1. The Labute approximate surface area is 216 Å². The summed E-state index contributed by atoms with van der Waals surface area (Å²) in [6, 6.07) is 18.7. The van der Waals surface area contributed by atoms with E-state index in [2.05, 4.69) is 26.0 Å². The molecule has 0 fully saturated rings. The number of rotatable bonds is 8. The lowest BCUT2D eigenvalue weighted by Gasteiger charge is -2.14. The Hall–Kier alpha value is -3.80. The summed E-state index contributed by atoms with van der Waals surface area (Å²) in [5.41, 5.74) is 1.99. The largest absolute Gasteiger partial charge is 0.493 e. The number of nitrogens with one attached hydrogen (secondary N) is 1. The third kappa shape index (κ3) is 6.63. The Balaban J connectivity index is 1.79. The van der Waals surface area contributed by atoms with Crippen molar-refractivity contribution in [3.05, 3.63) is 92.4 Å². The Morgan fingerprint density at radius 2 is 1.80 bits per heavy atom. The lowest BCUT2D eigenvalue weighted by molar-refractivity contribution is -0.112. The van der Waals surface area contributed by atoms with E-state index in [1.165, 1.54) is 32.4 Å². The van der Waals surface area contributed by atoms with Gasteiger partial charge in [-0.05, 0) is 54.1 Å². The fourth-order valence-electron chi connectivity index (χ4n) is 3.01. The van der Waals surface area contributed by atoms with Crippen LogP contribution in [0.15, 0.2) is 70.7 Å². The van der Waals surface area contributed by atoms with Crippen molar-refractivity contribution in [1.29, 1.82) is 5.26 Å². The zero-order valence-corrected chi connectivity index (χ0v) is 21.1. The molecule has 0 heterocycles. The van der Waals surface area contributed by atoms with Crippen LogP contribution in [0.5, 0.6) is 11.5 Å². The van der Waals surface area contributed by atoms with E-state index in [1.807, 2.05) is 24.3 Å². The molecule has 0 bridgehead atoms. The second kappa shape index (κ2) is 12.1. The predicted molar refractivity (Wildman–Crippen MR) is 136 cm³/mol. The highest BCUT2D eigenvalue weighted by Crippen LogP contribution is 2.35. The molecule has 3 rings (SSSR count). The van der Waals surface area contributed by atoms with Gasteiger partial charge >= 0.3 is 5.97 Å². The van der Waals surface area contributed by atoms with Gasteiger partial charge in [-0.25, -0.2) is 4.79 Å². The Bertz CT molecular complexity index is 1320. The average molecular weight is 556 g/mol. The maximum atomic E-state index is 12.7. The molecule has 1 amide bonds. The van der Waals surface area contributed by atoms with Crippen LogP contribution >= 0.6 is 27.5 Å². The van der Waals surface area contributed by atoms with E-state index < -0.39 is 11.9 Å². The number of methoxy groups -OCH3 is 2. The molecule has 0 radical (unpaired) electrons. The minimum absolute atomic E-state index is 0.130. The van der Waals surface area contributed by atoms with Crippen LogP contribution in [0, 0.1) is 11.3 Å². The van der Waals surface area contributed by atoms with E-state index in [-0.39, 0.29) is 12.2 Å². The minimum Gasteiger partial charge on any atom is -0.493 e. The van der Waals surface area contributed by atoms with Gasteiger partial charge in [-0.1, -0.05) is 45.7 Å². The molecule has 0 saturated carbocycles. The van der Waals surface area contributed by atoms with Gasteiger partial charge in [0.15, 0.2) is 11.5 Å². The van der Waals surface area contributed by atoms with E-state index in [0.29, 0.717) is 37.8 Å². The monoisotopic (exact) mass is 554 g/mol. The van der Waals surface area contributed by atoms with Crippen molar-refractivity contribution in [2.75, 3.05) is 19.5 Å². The molecule has 0 unspecified atom stereocenters. The quantitative estimate of drug-likeness (QED) is 0.207. The van der Waals surface area contributed by atoms with Gasteiger partial charge in [-0.3, -0.25) is 4.79 Å². The number of anilines is 1. The van der Waals surface area contributed by atoms with E-state index in [4.69, 9.17) is 21.1 Å². The molecular weight excluding hydrogens is 536 g/mol. The number of esters is 1. The van der Waals surface area contributed by atoms with Crippen molar-refractivity contribution in [1.82, 2.24) is 0 Å². The highest BCUT2D eigenvalue weighted by Gasteiger charge is 2.15. The molecule has 0 aliphatic heterocycles. The normalized spacial score (nSPS) is 10.8. The topological polar surface area (TPSA) is 97.7 Å². The van der Waals surface area contributed by atoms with Gasteiger partial charge in [0.2, 0.25) is 0 Å². The van der Waals surface area contributed by atoms with Crippen molar-refractivity contribution in [3.63, 3.8) is 0 Å². The fraction of sp³-hybridized carbons (Fsp3) is 0.115. The molecule has 9 heteroatoms. The first-order valence-electron chi connectivity index (χ1n) is 10.2. The predicted octanol–water partition coefficient (Wildman–Crippen LogP) is 6.02. The molecule has 35 heavy (non-hydrogen) atoms. The molecule has 3 aromatic carbocycles. The molecule has 0 saturated heterocycles. The fourth-order valence-corrected chi connectivity index (χ4v) is 3.64. The zero-order chi connectivity index (χ0) is 25.4. The maximum Gasteiger partial charge on any atom is 0.337 e. The first-order chi connectivity index (χ1) is 16.9. The molecule has 0 aliphatic carbocycles. The number of nitrogens with zero attached hydrogens (tertiary/aromatic N) is 1. The Kier molecular flexibility index (Phi) is 8.90. The van der Waals surface area contributed by atoms with Gasteiger partial charge in [0, 0.05) is 20.7 Å². The van der Waals surface area contributed by atoms with Crippen LogP contribution in [-0.4, -0.2) is 26.1 Å². The van der Waals surface area contributed by atoms with Gasteiger partial charge < -0.3 is 19.5 Å². The summed E-state index contributed by atoms with van der Waals surface area (Å²) >= 11 is 9.65. The van der Waals surface area contributed by atoms with Crippen LogP contribution in [0.4, 0.5) is 5.69 Å². The molecule has 0 aromatic heterocycles. The van der Waals surface area contributed by atoms with Crippen LogP contribution in [0.25, 0.3) is 6.08 Å². The van der Waals surface area contributed by atoms with E-state index in [1.54, 1.807) is 30.3 Å². The van der Waals surface area contributed by atoms with Crippen LogP contribution in [0.2, 0.25) is 5.02 Å². The van der Waals surface area contributed by atoms with Gasteiger partial charge in [-0.2, -0.15) is 5.26 Å². The summed E-state index contributed by atoms with van der Waals surface area (Å²) in [7, 11) is 2.78. The number of halogens is 2. The third-order valence-electron chi connectivity index (χ3n) is 4.85. The van der Waals surface area contributed by atoms with Gasteiger partial charge in [0.1, 0.15) is 18.2 Å². The molecule has 3 aromatic rings. The van der Waals surface area contributed by atoms with Gasteiger partial charge in [0.25, 0.3) is 5.91 Å². The number of nitriles is 1. The SMILES string of the molecule is COC(=O)c1ccc(NC(=O)/C(C#N)=C/c2cc(OC)c(OCc3ccccc3Cl)cc2Br)cc1. The summed E-state index contributed by atoms with van der Waals surface area (Å²) < 4.78 is 16.6. The second-order valence-corrected chi connectivity index (χ2v) is 8.36. The van der Waals surface area contributed by atoms with Gasteiger partial charge in [0.05, 0.1) is 19.8 Å². The summed E-state index contributed by atoms with van der Waals surface area (Å²) in [6.07, 6.45) is 1.43. The number of carbonyl (C=O) groups excluding carboxylic acids is 2. The van der Waals surface area contributed by atoms with Crippen LogP contribution in [0.1, 0.15) is 21.5 Å². The lowest BCUT2D eigenvalue weighted by atomic mass is 10.1. The number of carbonyl (C=O) groups is 2. The maximum absolute atomic E-state index is 12.7. The van der Waals surface area contributed by atoms with Crippen LogP contribution in [-0.2, 0) is 16.1 Å². The smallest absolute Gasteiger partial charge is 0.337 e. The Morgan fingerprint density at radius 3 is 2.43 bits per heavy atom. The van der Waals surface area contributed by atoms with E-state index >= 15 is 0 Å². The first kappa shape index (κ1) is 25.8. The highest BCUT2D eigenvalue weighted by molar-refractivity contribution is 9.10. The molecule has 7 nitrogen and oxygen atoms in total. The zero-order valence-electron chi connectivity index (χ0n) is 18.8. The lowest BCUT2D eigenvalue weighted by Crippen LogP contribution is -2.13. The third-order valence-corrected chi connectivity index (χ3v) is 5.91. The second-order valence-electron chi connectivity index (χ2n) is 7.10. The molecule has 0 spiro atoms. The Morgan fingerprint density at radius 1 is 1.09 bits per heavy atom. The standard InChI is InChI=1S/C26H20BrClN2O5/c1-33-23-12-18(21(27)13-24(23)35-15-17-5-3-4-6-22(17)28)11-19(14-29)25(31)30-20-9-7-16(8-10-20)26(32)34-2/h3-13H,15H2,1-2H3,(H,30,31)/b19-11+. The molecule has 0 atom stereocenters. The van der Waals surface area contributed by atoms with Crippen molar-refractivity contribution < 1.29 is 23.8 Å². The number of hydrogen-bond acceptors (Lipinski definition) is 6. The van der Waals surface area contributed by atoms with Crippen LogP contribution < -0.4 is 14.8 Å². The number of benzene rings is 3. The summed E-state index contributed by atoms with van der Waals surface area (Å²) in [5.74, 6) is -0.213. The van der Waals surface area contributed by atoms with Gasteiger partial charge in [-0.15, -0.1) is 0 Å². The molecule has 178 valence electrons. The highest BCUT2D eigenvalue weighted by atomic mass is 79.9. The first-order valence-corrected chi connectivity index (χ1v) is 11.4.